The second-order valence-corrected chi connectivity index (χ2v) is 6.66. The van der Waals surface area contributed by atoms with E-state index in [0.29, 0.717) is 6.61 Å². The maximum atomic E-state index is 5.59. The molecule has 0 saturated heterocycles. The number of hydrogen-bond acceptors (Lipinski definition) is 5. The molecule has 2 rings (SSSR count). The minimum Gasteiger partial charge on any atom is -0.493 e. The molecule has 0 bridgehead atoms. The first-order chi connectivity index (χ1) is 10.1. The monoisotopic (exact) mass is 370 g/mol. The largest absolute Gasteiger partial charge is 0.493 e. The summed E-state index contributed by atoms with van der Waals surface area (Å²) in [4.78, 5) is 5.49. The van der Waals surface area contributed by atoms with Gasteiger partial charge in [-0.1, -0.05) is 0 Å². The normalized spacial score (nSPS) is 10.7. The smallest absolute Gasteiger partial charge is 0.175 e. The first-order valence-electron chi connectivity index (χ1n) is 6.75. The van der Waals surface area contributed by atoms with Crippen molar-refractivity contribution in [3.63, 3.8) is 0 Å². The highest BCUT2D eigenvalue weighted by atomic mass is 79.9. The summed E-state index contributed by atoms with van der Waals surface area (Å²) >= 11 is 5.25. The van der Waals surface area contributed by atoms with Gasteiger partial charge in [-0.05, 0) is 47.5 Å². The molecule has 0 atom stereocenters. The van der Waals surface area contributed by atoms with Crippen LogP contribution < -0.4 is 14.8 Å². The van der Waals surface area contributed by atoms with E-state index in [1.54, 1.807) is 18.4 Å². The van der Waals surface area contributed by atoms with E-state index < -0.39 is 0 Å². The third-order valence-corrected chi connectivity index (χ3v) is 4.38. The Labute approximate surface area is 137 Å². The molecular formula is C15H19BrN2O2S. The van der Waals surface area contributed by atoms with Gasteiger partial charge in [-0.25, -0.2) is 4.98 Å². The van der Waals surface area contributed by atoms with Gasteiger partial charge in [0.05, 0.1) is 23.2 Å². The van der Waals surface area contributed by atoms with Crippen LogP contribution in [0.1, 0.15) is 22.4 Å². The zero-order chi connectivity index (χ0) is 15.2. The lowest BCUT2D eigenvalue weighted by Crippen LogP contribution is -2.12. The molecule has 6 heteroatoms. The molecule has 1 heterocycles. The van der Waals surface area contributed by atoms with Gasteiger partial charge >= 0.3 is 0 Å². The van der Waals surface area contributed by atoms with Gasteiger partial charge in [0.1, 0.15) is 0 Å². The zero-order valence-corrected chi connectivity index (χ0v) is 14.8. The molecule has 0 aliphatic carbocycles. The number of nitrogens with zero attached hydrogens (tertiary/aromatic N) is 1. The Hall–Kier alpha value is -1.11. The minimum absolute atomic E-state index is 0.608. The van der Waals surface area contributed by atoms with Gasteiger partial charge in [0.2, 0.25) is 0 Å². The average Bonchev–Trinajstić information content (AvgIpc) is 2.87. The summed E-state index contributed by atoms with van der Waals surface area (Å²) < 4.78 is 11.9. The van der Waals surface area contributed by atoms with Crippen molar-refractivity contribution in [2.24, 2.45) is 0 Å². The number of aryl methyl sites for hydroxylation is 1. The zero-order valence-electron chi connectivity index (χ0n) is 12.4. The summed E-state index contributed by atoms with van der Waals surface area (Å²) in [7, 11) is 1.65. The predicted octanol–water partition coefficient (Wildman–Crippen LogP) is 3.91. The predicted molar refractivity (Wildman–Crippen MR) is 89.3 cm³/mol. The van der Waals surface area contributed by atoms with Crippen LogP contribution in [0.25, 0.3) is 0 Å². The second kappa shape index (κ2) is 7.77. The van der Waals surface area contributed by atoms with Gasteiger partial charge in [0.15, 0.2) is 11.5 Å². The fourth-order valence-electron chi connectivity index (χ4n) is 1.98. The van der Waals surface area contributed by atoms with E-state index in [1.165, 1.54) is 4.88 Å². The van der Waals surface area contributed by atoms with Crippen molar-refractivity contribution < 1.29 is 9.47 Å². The maximum Gasteiger partial charge on any atom is 0.175 e. The third kappa shape index (κ3) is 4.43. The summed E-state index contributed by atoms with van der Waals surface area (Å²) in [5, 5.41) is 4.51. The number of rotatable bonds is 7. The van der Waals surface area contributed by atoms with Crippen LogP contribution in [-0.2, 0) is 13.1 Å². The van der Waals surface area contributed by atoms with E-state index in [-0.39, 0.29) is 0 Å². The molecule has 0 amide bonds. The Morgan fingerprint density at radius 3 is 2.76 bits per heavy atom. The molecule has 0 unspecified atom stereocenters. The van der Waals surface area contributed by atoms with Crippen LogP contribution in [0.4, 0.5) is 0 Å². The Morgan fingerprint density at radius 2 is 2.14 bits per heavy atom. The Balaban J connectivity index is 2.01. The standard InChI is InChI=1S/C15H19BrN2O2S/c1-4-20-15-13(16)5-11(6-14(15)19-3)7-17-8-12-9-18-10(2)21-12/h5-6,9,17H,4,7-8H2,1-3H3. The summed E-state index contributed by atoms with van der Waals surface area (Å²) in [5.74, 6) is 1.50. The number of thiazole rings is 1. The van der Waals surface area contributed by atoms with Crippen molar-refractivity contribution >= 4 is 27.3 Å². The molecule has 0 saturated carbocycles. The number of aromatic nitrogens is 1. The maximum absolute atomic E-state index is 5.59. The van der Waals surface area contributed by atoms with Gasteiger partial charge < -0.3 is 14.8 Å². The third-order valence-electron chi connectivity index (χ3n) is 2.88. The Morgan fingerprint density at radius 1 is 1.33 bits per heavy atom. The van der Waals surface area contributed by atoms with Crippen LogP contribution in [0, 0.1) is 6.92 Å². The summed E-state index contributed by atoms with van der Waals surface area (Å²) in [5.41, 5.74) is 1.14. The average molecular weight is 371 g/mol. The van der Waals surface area contributed by atoms with Gasteiger partial charge in [0.25, 0.3) is 0 Å². The van der Waals surface area contributed by atoms with Crippen molar-refractivity contribution in [1.29, 1.82) is 0 Å². The van der Waals surface area contributed by atoms with E-state index in [2.05, 4.69) is 32.3 Å². The molecule has 114 valence electrons. The van der Waals surface area contributed by atoms with Crippen molar-refractivity contribution in [2.75, 3.05) is 13.7 Å². The molecule has 4 nitrogen and oxygen atoms in total. The van der Waals surface area contributed by atoms with Gasteiger partial charge in [-0.15, -0.1) is 11.3 Å². The summed E-state index contributed by atoms with van der Waals surface area (Å²) in [6.07, 6.45) is 1.92. The number of nitrogens with one attached hydrogen (secondary N) is 1. The van der Waals surface area contributed by atoms with E-state index >= 15 is 0 Å². The quantitative estimate of drug-likeness (QED) is 0.802. The number of benzene rings is 1. The lowest BCUT2D eigenvalue weighted by molar-refractivity contribution is 0.308. The van der Waals surface area contributed by atoms with Crippen LogP contribution in [0.2, 0.25) is 0 Å². The molecule has 0 radical (unpaired) electrons. The molecule has 21 heavy (non-hydrogen) atoms. The first-order valence-corrected chi connectivity index (χ1v) is 8.36. The number of methoxy groups -OCH3 is 1. The minimum atomic E-state index is 0.608. The number of halogens is 1. The fourth-order valence-corrected chi connectivity index (χ4v) is 3.35. The number of ether oxygens (including phenoxy) is 2. The second-order valence-electron chi connectivity index (χ2n) is 4.49. The van der Waals surface area contributed by atoms with Gasteiger partial charge in [-0.3, -0.25) is 0 Å². The van der Waals surface area contributed by atoms with E-state index in [1.807, 2.05) is 26.1 Å². The van der Waals surface area contributed by atoms with Crippen molar-refractivity contribution in [3.8, 4) is 11.5 Å². The molecule has 2 aromatic rings. The van der Waals surface area contributed by atoms with Crippen LogP contribution >= 0.6 is 27.3 Å². The summed E-state index contributed by atoms with van der Waals surface area (Å²) in [6.45, 7) is 6.16. The van der Waals surface area contributed by atoms with Crippen LogP contribution in [0.5, 0.6) is 11.5 Å². The molecule has 0 spiro atoms. The highest BCUT2D eigenvalue weighted by Gasteiger charge is 2.11. The molecule has 0 aliphatic rings. The fraction of sp³-hybridized carbons (Fsp3) is 0.400. The first kappa shape index (κ1) is 16.3. The van der Waals surface area contributed by atoms with E-state index in [9.17, 15) is 0 Å². The molecular weight excluding hydrogens is 352 g/mol. The highest BCUT2D eigenvalue weighted by Crippen LogP contribution is 2.36. The highest BCUT2D eigenvalue weighted by molar-refractivity contribution is 9.10. The van der Waals surface area contributed by atoms with Crippen LogP contribution in [0.3, 0.4) is 0 Å². The summed E-state index contributed by atoms with van der Waals surface area (Å²) in [6, 6.07) is 4.05. The molecule has 0 fully saturated rings. The van der Waals surface area contributed by atoms with E-state index in [0.717, 1.165) is 39.6 Å². The molecule has 1 aromatic heterocycles. The molecule has 1 N–H and O–H groups in total. The van der Waals surface area contributed by atoms with Gasteiger partial charge in [0, 0.05) is 24.2 Å². The van der Waals surface area contributed by atoms with Gasteiger partial charge in [-0.2, -0.15) is 0 Å². The van der Waals surface area contributed by atoms with Crippen molar-refractivity contribution in [3.05, 3.63) is 38.3 Å². The van der Waals surface area contributed by atoms with Crippen LogP contribution in [-0.4, -0.2) is 18.7 Å². The van der Waals surface area contributed by atoms with Crippen molar-refractivity contribution in [2.45, 2.75) is 26.9 Å². The lowest BCUT2D eigenvalue weighted by atomic mass is 10.2. The topological polar surface area (TPSA) is 43.4 Å². The molecule has 1 aromatic carbocycles. The SMILES string of the molecule is CCOc1c(Br)cc(CNCc2cnc(C)s2)cc1OC. The van der Waals surface area contributed by atoms with Crippen molar-refractivity contribution in [1.82, 2.24) is 10.3 Å². The number of hydrogen-bond donors (Lipinski definition) is 1. The lowest BCUT2D eigenvalue weighted by Gasteiger charge is -2.13. The molecule has 0 aliphatic heterocycles. The van der Waals surface area contributed by atoms with E-state index in [4.69, 9.17) is 9.47 Å². The van der Waals surface area contributed by atoms with Crippen LogP contribution in [0.15, 0.2) is 22.8 Å². The Bertz CT molecular complexity index is 601. The Kier molecular flexibility index (Phi) is 6.02.